The monoisotopic (exact) mass is 685 g/mol. The van der Waals surface area contributed by atoms with Crippen LogP contribution in [0, 0.1) is 0 Å². The Labute approximate surface area is 312 Å². The van der Waals surface area contributed by atoms with Crippen LogP contribution in [0.15, 0.2) is 150 Å². The number of fused-ring (bicyclic) bond motifs is 9. The van der Waals surface area contributed by atoms with E-state index in [0.717, 1.165) is 33.6 Å². The molecule has 0 radical (unpaired) electrons. The lowest BCUT2D eigenvalue weighted by Gasteiger charge is -2.30. The summed E-state index contributed by atoms with van der Waals surface area (Å²) < 4.78 is 6.41. The smallest absolute Gasteiger partial charge is 0.138 e. The van der Waals surface area contributed by atoms with Crippen molar-refractivity contribution in [3.63, 3.8) is 0 Å². The fourth-order valence-electron chi connectivity index (χ4n) is 9.37. The first-order valence-electron chi connectivity index (χ1n) is 19.0. The number of benzene rings is 7. The van der Waals surface area contributed by atoms with Gasteiger partial charge in [0.15, 0.2) is 0 Å². The third-order valence-corrected chi connectivity index (χ3v) is 12.3. The van der Waals surface area contributed by atoms with Crippen molar-refractivity contribution in [2.24, 2.45) is 0 Å². The van der Waals surface area contributed by atoms with E-state index in [-0.39, 0.29) is 10.8 Å². The molecule has 0 atom stereocenters. The van der Waals surface area contributed by atoms with Gasteiger partial charge in [0.05, 0.1) is 0 Å². The normalized spacial score (nSPS) is 14.7. The van der Waals surface area contributed by atoms with Crippen molar-refractivity contribution in [1.82, 2.24) is 0 Å². The summed E-state index contributed by atoms with van der Waals surface area (Å²) in [5.41, 5.74) is 19.7. The number of hydrogen-bond donors (Lipinski definition) is 0. The minimum Gasteiger partial charge on any atom is -0.456 e. The van der Waals surface area contributed by atoms with E-state index in [9.17, 15) is 0 Å². The molecule has 0 aliphatic heterocycles. The summed E-state index contributed by atoms with van der Waals surface area (Å²) in [5.74, 6) is 0.397. The molecule has 258 valence electrons. The number of rotatable bonds is 5. The van der Waals surface area contributed by atoms with Crippen LogP contribution in [-0.4, -0.2) is 0 Å². The summed E-state index contributed by atoms with van der Waals surface area (Å²) in [4.78, 5) is 2.45. The summed E-state index contributed by atoms with van der Waals surface area (Å²) in [6.45, 7) is 13.9. The van der Waals surface area contributed by atoms with Crippen LogP contribution < -0.4 is 4.90 Å². The third kappa shape index (κ3) is 4.64. The number of nitrogens with zero attached hydrogens (tertiary/aromatic N) is 1. The predicted octanol–water partition coefficient (Wildman–Crippen LogP) is 14.5. The summed E-state index contributed by atoms with van der Waals surface area (Å²) >= 11 is 0. The van der Waals surface area contributed by atoms with Gasteiger partial charge in [0, 0.05) is 38.7 Å². The van der Waals surface area contributed by atoms with Gasteiger partial charge in [0.2, 0.25) is 0 Å². The zero-order chi connectivity index (χ0) is 36.2. The van der Waals surface area contributed by atoms with Gasteiger partial charge in [0.1, 0.15) is 11.2 Å². The lowest BCUT2D eigenvalue weighted by molar-refractivity contribution is 0.657. The Balaban J connectivity index is 1.10. The number of para-hydroxylation sites is 1. The second kappa shape index (κ2) is 11.3. The SMILES string of the molecule is CC(C)c1cccc2c1oc1ccc(-c3ccc(N(c4ccc5c(c4)C(C)(C)c4ccccc4-5)c4ccc5c(c4)C(C)(C)c4ccccc4-5)cc3)cc12. The molecular formula is C51H43NO. The van der Waals surface area contributed by atoms with Crippen molar-refractivity contribution >= 4 is 39.0 Å². The van der Waals surface area contributed by atoms with Crippen molar-refractivity contribution in [3.05, 3.63) is 173 Å². The van der Waals surface area contributed by atoms with Gasteiger partial charge in [-0.25, -0.2) is 0 Å². The highest BCUT2D eigenvalue weighted by Crippen LogP contribution is 2.53. The molecule has 8 aromatic rings. The van der Waals surface area contributed by atoms with Crippen LogP contribution >= 0.6 is 0 Å². The van der Waals surface area contributed by atoms with Crippen LogP contribution in [0.3, 0.4) is 0 Å². The Morgan fingerprint density at radius 1 is 0.453 bits per heavy atom. The topological polar surface area (TPSA) is 16.4 Å². The lowest BCUT2D eigenvalue weighted by atomic mass is 9.82. The zero-order valence-corrected chi connectivity index (χ0v) is 31.3. The van der Waals surface area contributed by atoms with E-state index in [1.165, 1.54) is 66.6 Å². The van der Waals surface area contributed by atoms with E-state index in [1.807, 2.05) is 0 Å². The summed E-state index contributed by atoms with van der Waals surface area (Å²) in [6, 6.07) is 54.1. The van der Waals surface area contributed by atoms with Gasteiger partial charge in [-0.15, -0.1) is 0 Å². The average Bonchev–Trinajstić information content (AvgIpc) is 3.74. The Hall–Kier alpha value is -5.86. The summed E-state index contributed by atoms with van der Waals surface area (Å²) in [5, 5.41) is 2.34. The minimum absolute atomic E-state index is 0.0924. The largest absolute Gasteiger partial charge is 0.456 e. The number of hydrogen-bond acceptors (Lipinski definition) is 2. The molecule has 0 N–H and O–H groups in total. The molecule has 2 aliphatic rings. The zero-order valence-electron chi connectivity index (χ0n) is 31.3. The van der Waals surface area contributed by atoms with E-state index in [4.69, 9.17) is 4.42 Å². The Kier molecular flexibility index (Phi) is 6.80. The summed E-state index contributed by atoms with van der Waals surface area (Å²) in [6.07, 6.45) is 0. The van der Waals surface area contributed by atoms with Gasteiger partial charge in [-0.05, 0) is 116 Å². The molecule has 2 aliphatic carbocycles. The second-order valence-electron chi connectivity index (χ2n) is 16.4. The van der Waals surface area contributed by atoms with Gasteiger partial charge in [-0.1, -0.05) is 139 Å². The molecule has 0 amide bonds. The number of anilines is 3. The first kappa shape index (κ1) is 31.8. The molecule has 0 saturated heterocycles. The molecule has 0 unspecified atom stereocenters. The Bertz CT molecular complexity index is 2650. The maximum absolute atomic E-state index is 6.41. The van der Waals surface area contributed by atoms with Crippen molar-refractivity contribution in [3.8, 4) is 33.4 Å². The number of furan rings is 1. The summed E-state index contributed by atoms with van der Waals surface area (Å²) in [7, 11) is 0. The molecule has 2 nitrogen and oxygen atoms in total. The van der Waals surface area contributed by atoms with Gasteiger partial charge >= 0.3 is 0 Å². The van der Waals surface area contributed by atoms with E-state index in [1.54, 1.807) is 0 Å². The highest BCUT2D eigenvalue weighted by Gasteiger charge is 2.37. The molecule has 2 heteroatoms. The molecule has 10 rings (SSSR count). The molecule has 53 heavy (non-hydrogen) atoms. The van der Waals surface area contributed by atoms with E-state index < -0.39 is 0 Å². The highest BCUT2D eigenvalue weighted by molar-refractivity contribution is 6.07. The van der Waals surface area contributed by atoms with E-state index in [0.29, 0.717) is 5.92 Å². The van der Waals surface area contributed by atoms with Crippen LogP contribution in [0.2, 0.25) is 0 Å². The second-order valence-corrected chi connectivity index (χ2v) is 16.4. The molecule has 7 aromatic carbocycles. The maximum Gasteiger partial charge on any atom is 0.138 e. The fourth-order valence-corrected chi connectivity index (χ4v) is 9.37. The fraction of sp³-hybridized carbons (Fsp3) is 0.176. The molecule has 1 aromatic heterocycles. The molecule has 0 bridgehead atoms. The first-order chi connectivity index (χ1) is 25.6. The van der Waals surface area contributed by atoms with E-state index >= 15 is 0 Å². The standard InChI is InChI=1S/C51H43NO/c1-31(2)37-14-11-15-42-43-28-33(20-27-48(43)53-49(37)42)32-18-21-34(22-19-32)52(35-23-25-40-38-12-7-9-16-44(38)50(3,4)46(40)29-35)36-24-26-41-39-13-8-10-17-45(39)51(5,6)47(41)30-36/h7-31H,1-6H3. The molecule has 1 heterocycles. The third-order valence-electron chi connectivity index (χ3n) is 12.3. The van der Waals surface area contributed by atoms with Gasteiger partial charge in [-0.3, -0.25) is 0 Å². The van der Waals surface area contributed by atoms with Crippen molar-refractivity contribution in [2.45, 2.75) is 58.3 Å². The van der Waals surface area contributed by atoms with Crippen LogP contribution in [0.1, 0.15) is 75.3 Å². The average molecular weight is 686 g/mol. The minimum atomic E-state index is -0.0924. The molecule has 0 saturated carbocycles. The van der Waals surface area contributed by atoms with Gasteiger partial charge in [0.25, 0.3) is 0 Å². The Morgan fingerprint density at radius 3 is 1.57 bits per heavy atom. The molecule has 0 spiro atoms. The van der Waals surface area contributed by atoms with E-state index in [2.05, 4.69) is 192 Å². The maximum atomic E-state index is 6.41. The predicted molar refractivity (Wildman–Crippen MR) is 223 cm³/mol. The quantitative estimate of drug-likeness (QED) is 0.179. The van der Waals surface area contributed by atoms with Crippen LogP contribution in [0.5, 0.6) is 0 Å². The van der Waals surface area contributed by atoms with Crippen LogP contribution in [-0.2, 0) is 10.8 Å². The Morgan fingerprint density at radius 2 is 0.981 bits per heavy atom. The molecule has 0 fully saturated rings. The first-order valence-corrected chi connectivity index (χ1v) is 19.0. The van der Waals surface area contributed by atoms with Crippen LogP contribution in [0.4, 0.5) is 17.1 Å². The van der Waals surface area contributed by atoms with Crippen LogP contribution in [0.25, 0.3) is 55.3 Å². The van der Waals surface area contributed by atoms with Gasteiger partial charge < -0.3 is 9.32 Å². The van der Waals surface area contributed by atoms with Crippen molar-refractivity contribution in [2.75, 3.05) is 4.90 Å². The van der Waals surface area contributed by atoms with Crippen molar-refractivity contribution in [1.29, 1.82) is 0 Å². The van der Waals surface area contributed by atoms with Gasteiger partial charge in [-0.2, -0.15) is 0 Å². The van der Waals surface area contributed by atoms with Crippen molar-refractivity contribution < 1.29 is 4.42 Å². The molecular weight excluding hydrogens is 643 g/mol. The highest BCUT2D eigenvalue weighted by atomic mass is 16.3. The lowest BCUT2D eigenvalue weighted by Crippen LogP contribution is -2.18.